The lowest BCUT2D eigenvalue weighted by Crippen LogP contribution is -2.39. The Morgan fingerprint density at radius 3 is 2.53 bits per heavy atom. The van der Waals surface area contributed by atoms with Crippen LogP contribution >= 0.6 is 0 Å². The van der Waals surface area contributed by atoms with E-state index in [0.29, 0.717) is 6.04 Å². The second-order valence-corrected chi connectivity index (χ2v) is 9.40. The quantitative estimate of drug-likeness (QED) is 0.379. The maximum atomic E-state index is 4.93. The van der Waals surface area contributed by atoms with E-state index in [2.05, 4.69) is 107 Å². The van der Waals surface area contributed by atoms with Crippen LogP contribution in [0.5, 0.6) is 0 Å². The predicted molar refractivity (Wildman–Crippen MR) is 141 cm³/mol. The summed E-state index contributed by atoms with van der Waals surface area (Å²) < 4.78 is 0. The minimum absolute atomic E-state index is 0.526. The molecule has 0 radical (unpaired) electrons. The number of anilines is 1. The summed E-state index contributed by atoms with van der Waals surface area (Å²) in [7, 11) is 4.45. The Balaban J connectivity index is 1.19. The van der Waals surface area contributed by atoms with E-state index < -0.39 is 0 Å². The number of fused-ring (bicyclic) bond motifs is 1. The molecular formula is C29H33N5. The van der Waals surface area contributed by atoms with Gasteiger partial charge in [-0.1, -0.05) is 66.7 Å². The molecule has 1 fully saturated rings. The molecule has 3 aromatic carbocycles. The Kier molecular flexibility index (Phi) is 6.84. The van der Waals surface area contributed by atoms with Gasteiger partial charge in [0.15, 0.2) is 0 Å². The summed E-state index contributed by atoms with van der Waals surface area (Å²) in [5.41, 5.74) is 3.48. The first-order chi connectivity index (χ1) is 16.7. The van der Waals surface area contributed by atoms with E-state index in [-0.39, 0.29) is 0 Å². The second kappa shape index (κ2) is 10.3. The van der Waals surface area contributed by atoms with Gasteiger partial charge in [0.05, 0.1) is 5.69 Å². The highest BCUT2D eigenvalue weighted by Gasteiger charge is 2.27. The molecule has 2 heterocycles. The van der Waals surface area contributed by atoms with Crippen molar-refractivity contribution in [1.29, 1.82) is 0 Å². The van der Waals surface area contributed by atoms with Gasteiger partial charge in [0.25, 0.3) is 0 Å². The molecule has 1 saturated heterocycles. The Hall–Kier alpha value is -3.28. The van der Waals surface area contributed by atoms with Crippen molar-refractivity contribution in [2.45, 2.75) is 19.0 Å². The summed E-state index contributed by atoms with van der Waals surface area (Å²) in [6.07, 6.45) is 3.03. The van der Waals surface area contributed by atoms with Crippen molar-refractivity contribution in [3.8, 4) is 11.3 Å². The average molecular weight is 452 g/mol. The first-order valence-corrected chi connectivity index (χ1v) is 12.2. The van der Waals surface area contributed by atoms with Gasteiger partial charge < -0.3 is 14.7 Å². The molecule has 0 saturated carbocycles. The molecule has 1 aromatic heterocycles. The first-order valence-electron chi connectivity index (χ1n) is 12.2. The number of nitrogens with zero attached hydrogens (tertiary/aromatic N) is 5. The molecular weight excluding hydrogens is 418 g/mol. The number of aromatic nitrogens is 2. The van der Waals surface area contributed by atoms with Crippen LogP contribution in [0.2, 0.25) is 0 Å². The highest BCUT2D eigenvalue weighted by molar-refractivity contribution is 5.86. The van der Waals surface area contributed by atoms with Crippen molar-refractivity contribution in [1.82, 2.24) is 19.8 Å². The van der Waals surface area contributed by atoms with E-state index >= 15 is 0 Å². The van der Waals surface area contributed by atoms with Crippen LogP contribution in [0, 0.1) is 0 Å². The Morgan fingerprint density at radius 1 is 0.882 bits per heavy atom. The van der Waals surface area contributed by atoms with Gasteiger partial charge in [0, 0.05) is 50.5 Å². The van der Waals surface area contributed by atoms with Crippen molar-refractivity contribution in [2.75, 3.05) is 45.2 Å². The Labute approximate surface area is 202 Å². The second-order valence-electron chi connectivity index (χ2n) is 9.40. The maximum Gasteiger partial charge on any atom is 0.225 e. The van der Waals surface area contributed by atoms with Crippen LogP contribution in [0.3, 0.4) is 0 Å². The van der Waals surface area contributed by atoms with Gasteiger partial charge in [-0.25, -0.2) is 9.97 Å². The van der Waals surface area contributed by atoms with E-state index in [1.54, 1.807) is 0 Å². The molecule has 174 valence electrons. The molecule has 5 rings (SSSR count). The largest absolute Gasteiger partial charge is 0.339 e. The van der Waals surface area contributed by atoms with Gasteiger partial charge in [-0.2, -0.15) is 0 Å². The van der Waals surface area contributed by atoms with Gasteiger partial charge in [-0.3, -0.25) is 0 Å². The third kappa shape index (κ3) is 5.27. The van der Waals surface area contributed by atoms with Crippen molar-refractivity contribution in [2.24, 2.45) is 0 Å². The van der Waals surface area contributed by atoms with E-state index in [4.69, 9.17) is 4.98 Å². The van der Waals surface area contributed by atoms with Crippen LogP contribution in [-0.4, -0.2) is 66.1 Å². The number of hydrogen-bond donors (Lipinski definition) is 0. The van der Waals surface area contributed by atoms with Crippen LogP contribution in [-0.2, 0) is 6.54 Å². The van der Waals surface area contributed by atoms with Crippen molar-refractivity contribution in [3.05, 3.63) is 90.6 Å². The zero-order chi connectivity index (χ0) is 23.3. The lowest BCUT2D eigenvalue weighted by atomic mass is 10.1. The summed E-state index contributed by atoms with van der Waals surface area (Å²) in [5, 5.41) is 2.49. The molecule has 0 bridgehead atoms. The number of benzene rings is 3. The van der Waals surface area contributed by atoms with Crippen molar-refractivity contribution < 1.29 is 0 Å². The molecule has 0 unspecified atom stereocenters. The zero-order valence-electron chi connectivity index (χ0n) is 20.1. The van der Waals surface area contributed by atoms with Gasteiger partial charge in [0.2, 0.25) is 5.95 Å². The molecule has 0 N–H and O–H groups in total. The molecule has 0 aliphatic carbocycles. The molecule has 0 amide bonds. The van der Waals surface area contributed by atoms with Crippen molar-refractivity contribution in [3.63, 3.8) is 0 Å². The standard InChI is InChI=1S/C29H33N5/c1-32(21-23-8-4-3-5-9-23)18-19-33(2)27-15-17-34(22-27)29-30-16-14-28(31-29)26-13-12-24-10-6-7-11-25(24)20-26/h3-14,16,20,27H,15,17-19,21-22H2,1-2H3/t27-/m1/s1. The predicted octanol–water partition coefficient (Wildman–Crippen LogP) is 4.94. The topological polar surface area (TPSA) is 35.5 Å². The van der Waals surface area contributed by atoms with Crippen LogP contribution in [0.1, 0.15) is 12.0 Å². The molecule has 34 heavy (non-hydrogen) atoms. The smallest absolute Gasteiger partial charge is 0.225 e. The zero-order valence-corrected chi connectivity index (χ0v) is 20.1. The van der Waals surface area contributed by atoms with E-state index in [1.165, 1.54) is 16.3 Å². The van der Waals surface area contributed by atoms with Crippen LogP contribution in [0.15, 0.2) is 85.1 Å². The summed E-state index contributed by atoms with van der Waals surface area (Å²) in [6.45, 7) is 5.06. The van der Waals surface area contributed by atoms with Crippen LogP contribution < -0.4 is 4.90 Å². The van der Waals surface area contributed by atoms with Gasteiger partial charge in [-0.05, 0) is 49.0 Å². The number of rotatable bonds is 8. The Morgan fingerprint density at radius 2 is 1.68 bits per heavy atom. The monoisotopic (exact) mass is 451 g/mol. The fourth-order valence-corrected chi connectivity index (χ4v) is 4.78. The van der Waals surface area contributed by atoms with Gasteiger partial charge in [0.1, 0.15) is 0 Å². The van der Waals surface area contributed by atoms with Gasteiger partial charge in [-0.15, -0.1) is 0 Å². The SMILES string of the molecule is CN(CCN(C)[C@@H]1CCN(c2nccc(-c3ccc4ccccc4c3)n2)C1)Cc1ccccc1. The lowest BCUT2D eigenvalue weighted by molar-refractivity contribution is 0.212. The lowest BCUT2D eigenvalue weighted by Gasteiger charge is -2.27. The fraction of sp³-hybridized carbons (Fsp3) is 0.310. The minimum atomic E-state index is 0.526. The first kappa shape index (κ1) is 22.5. The molecule has 1 aliphatic heterocycles. The van der Waals surface area contributed by atoms with Crippen LogP contribution in [0.4, 0.5) is 5.95 Å². The molecule has 1 aliphatic rings. The fourth-order valence-electron chi connectivity index (χ4n) is 4.78. The average Bonchev–Trinajstić information content (AvgIpc) is 3.38. The maximum absolute atomic E-state index is 4.93. The van der Waals surface area contributed by atoms with E-state index in [1.807, 2.05) is 12.3 Å². The molecule has 5 heteroatoms. The summed E-state index contributed by atoms with van der Waals surface area (Å²) >= 11 is 0. The van der Waals surface area contributed by atoms with E-state index in [0.717, 1.165) is 56.4 Å². The van der Waals surface area contributed by atoms with Crippen LogP contribution in [0.25, 0.3) is 22.0 Å². The number of hydrogen-bond acceptors (Lipinski definition) is 5. The summed E-state index contributed by atoms with van der Waals surface area (Å²) in [5.74, 6) is 0.836. The highest BCUT2D eigenvalue weighted by atomic mass is 15.3. The third-order valence-corrected chi connectivity index (χ3v) is 6.89. The molecule has 0 spiro atoms. The number of likely N-dealkylation sites (N-methyl/N-ethyl adjacent to an activating group) is 2. The van der Waals surface area contributed by atoms with Crippen molar-refractivity contribution >= 4 is 16.7 Å². The highest BCUT2D eigenvalue weighted by Crippen LogP contribution is 2.25. The Bertz CT molecular complexity index is 1230. The minimum Gasteiger partial charge on any atom is -0.339 e. The molecule has 4 aromatic rings. The normalized spacial score (nSPS) is 16.1. The third-order valence-electron chi connectivity index (χ3n) is 6.89. The molecule has 5 nitrogen and oxygen atoms in total. The molecule has 1 atom stereocenters. The van der Waals surface area contributed by atoms with Gasteiger partial charge >= 0.3 is 0 Å². The summed E-state index contributed by atoms with van der Waals surface area (Å²) in [6, 6.07) is 28.2. The van der Waals surface area contributed by atoms with E-state index in [9.17, 15) is 0 Å². The summed E-state index contributed by atoms with van der Waals surface area (Å²) in [4.78, 5) is 16.8.